The molecular formula is C11H14N2O2. The summed E-state index contributed by atoms with van der Waals surface area (Å²) in [5.74, 6) is -0.497. The van der Waals surface area contributed by atoms with Crippen molar-refractivity contribution in [1.82, 2.24) is 5.32 Å². The number of carbonyl (C=O) groups is 2. The molecule has 0 spiro atoms. The molecular weight excluding hydrogens is 192 g/mol. The summed E-state index contributed by atoms with van der Waals surface area (Å²) in [5.41, 5.74) is 0.784. The molecule has 4 nitrogen and oxygen atoms in total. The molecule has 0 aromatic heterocycles. The first-order valence-corrected chi connectivity index (χ1v) is 4.67. The fourth-order valence-corrected chi connectivity index (χ4v) is 1.14. The standard InChI is InChI=1S/C11H14N2O2/c1-12-10(14)8-11(15)13(2)9-6-4-3-5-7-9/h3-7H,8H2,1-2H3,(H,12,14). The SMILES string of the molecule is CNC(=O)CC(=O)N(C)c1ccccc1. The fourth-order valence-electron chi connectivity index (χ4n) is 1.14. The number of amides is 2. The van der Waals surface area contributed by atoms with Gasteiger partial charge in [-0.15, -0.1) is 0 Å². The maximum atomic E-state index is 11.6. The van der Waals surface area contributed by atoms with Crippen LogP contribution < -0.4 is 10.2 Å². The quantitative estimate of drug-likeness (QED) is 0.743. The Hall–Kier alpha value is -1.84. The molecule has 1 rings (SSSR count). The molecule has 0 atom stereocenters. The molecule has 4 heteroatoms. The van der Waals surface area contributed by atoms with Crippen molar-refractivity contribution in [3.8, 4) is 0 Å². The Morgan fingerprint density at radius 3 is 2.40 bits per heavy atom. The van der Waals surface area contributed by atoms with Gasteiger partial charge in [-0.05, 0) is 12.1 Å². The second kappa shape index (κ2) is 5.14. The summed E-state index contributed by atoms with van der Waals surface area (Å²) in [6.07, 6.45) is -0.123. The van der Waals surface area contributed by atoms with E-state index in [1.165, 1.54) is 11.9 Å². The molecule has 0 fully saturated rings. The van der Waals surface area contributed by atoms with Crippen molar-refractivity contribution in [2.24, 2.45) is 0 Å². The van der Waals surface area contributed by atoms with Crippen molar-refractivity contribution in [1.29, 1.82) is 0 Å². The van der Waals surface area contributed by atoms with Crippen molar-refractivity contribution in [3.63, 3.8) is 0 Å². The zero-order valence-electron chi connectivity index (χ0n) is 8.86. The van der Waals surface area contributed by atoms with Gasteiger partial charge in [0.1, 0.15) is 6.42 Å². The van der Waals surface area contributed by atoms with Gasteiger partial charge in [0.15, 0.2) is 0 Å². The van der Waals surface area contributed by atoms with Crippen LogP contribution in [-0.2, 0) is 9.59 Å². The molecule has 0 aliphatic rings. The smallest absolute Gasteiger partial charge is 0.236 e. The minimum Gasteiger partial charge on any atom is -0.359 e. The lowest BCUT2D eigenvalue weighted by Gasteiger charge is -2.16. The lowest BCUT2D eigenvalue weighted by atomic mass is 10.2. The average molecular weight is 206 g/mol. The van der Waals surface area contributed by atoms with Gasteiger partial charge in [0.25, 0.3) is 0 Å². The number of nitrogens with zero attached hydrogens (tertiary/aromatic N) is 1. The van der Waals surface area contributed by atoms with Crippen LogP contribution in [0.5, 0.6) is 0 Å². The highest BCUT2D eigenvalue weighted by atomic mass is 16.2. The van der Waals surface area contributed by atoms with Crippen molar-refractivity contribution in [2.75, 3.05) is 19.0 Å². The van der Waals surface area contributed by atoms with Crippen LogP contribution >= 0.6 is 0 Å². The molecule has 15 heavy (non-hydrogen) atoms. The van der Waals surface area contributed by atoms with Crippen molar-refractivity contribution >= 4 is 17.5 Å². The van der Waals surface area contributed by atoms with Crippen LogP contribution in [-0.4, -0.2) is 25.9 Å². The number of rotatable bonds is 3. The number of hydrogen-bond donors (Lipinski definition) is 1. The summed E-state index contributed by atoms with van der Waals surface area (Å²) in [4.78, 5) is 24.0. The van der Waals surface area contributed by atoms with Gasteiger partial charge in [0, 0.05) is 19.8 Å². The summed E-state index contributed by atoms with van der Waals surface area (Å²) in [5, 5.41) is 2.42. The number of carbonyl (C=O) groups excluding carboxylic acids is 2. The van der Waals surface area contributed by atoms with E-state index >= 15 is 0 Å². The predicted molar refractivity (Wildman–Crippen MR) is 58.5 cm³/mol. The van der Waals surface area contributed by atoms with Crippen LogP contribution in [0, 0.1) is 0 Å². The highest BCUT2D eigenvalue weighted by Gasteiger charge is 2.13. The van der Waals surface area contributed by atoms with Crippen LogP contribution in [0.4, 0.5) is 5.69 Å². The van der Waals surface area contributed by atoms with Gasteiger partial charge in [-0.25, -0.2) is 0 Å². The Balaban J connectivity index is 2.65. The first kappa shape index (κ1) is 11.2. The summed E-state index contributed by atoms with van der Waals surface area (Å²) < 4.78 is 0. The van der Waals surface area contributed by atoms with Gasteiger partial charge < -0.3 is 10.2 Å². The zero-order chi connectivity index (χ0) is 11.3. The van der Waals surface area contributed by atoms with Crippen molar-refractivity contribution in [2.45, 2.75) is 6.42 Å². The third-order valence-corrected chi connectivity index (χ3v) is 2.11. The molecule has 1 aromatic carbocycles. The van der Waals surface area contributed by atoms with E-state index in [1.807, 2.05) is 30.3 Å². The third-order valence-electron chi connectivity index (χ3n) is 2.11. The Labute approximate surface area is 88.9 Å². The molecule has 0 radical (unpaired) electrons. The Morgan fingerprint density at radius 2 is 1.87 bits per heavy atom. The number of benzene rings is 1. The molecule has 1 aromatic rings. The van der Waals surface area contributed by atoms with E-state index < -0.39 is 0 Å². The van der Waals surface area contributed by atoms with Gasteiger partial charge in [-0.2, -0.15) is 0 Å². The van der Waals surface area contributed by atoms with E-state index in [2.05, 4.69) is 5.32 Å². The Kier molecular flexibility index (Phi) is 3.85. The fraction of sp³-hybridized carbons (Fsp3) is 0.273. The van der Waals surface area contributed by atoms with Crippen molar-refractivity contribution in [3.05, 3.63) is 30.3 Å². The highest BCUT2D eigenvalue weighted by Crippen LogP contribution is 2.11. The first-order chi connectivity index (χ1) is 7.15. The molecule has 0 saturated carbocycles. The average Bonchev–Trinajstić information content (AvgIpc) is 2.29. The molecule has 0 heterocycles. The largest absolute Gasteiger partial charge is 0.359 e. The summed E-state index contributed by atoms with van der Waals surface area (Å²) in [6, 6.07) is 9.21. The lowest BCUT2D eigenvalue weighted by molar-refractivity contribution is -0.127. The van der Waals surface area contributed by atoms with Gasteiger partial charge in [-0.3, -0.25) is 9.59 Å². The molecule has 80 valence electrons. The molecule has 0 unspecified atom stereocenters. The molecule has 2 amide bonds. The number of nitrogens with one attached hydrogen (secondary N) is 1. The van der Waals surface area contributed by atoms with E-state index in [4.69, 9.17) is 0 Å². The summed E-state index contributed by atoms with van der Waals surface area (Å²) in [7, 11) is 3.17. The second-order valence-electron chi connectivity index (χ2n) is 3.14. The van der Waals surface area contributed by atoms with Gasteiger partial charge in [-0.1, -0.05) is 18.2 Å². The number of para-hydroxylation sites is 1. The maximum absolute atomic E-state index is 11.6. The topological polar surface area (TPSA) is 49.4 Å². The number of anilines is 1. The summed E-state index contributed by atoms with van der Waals surface area (Å²) >= 11 is 0. The Morgan fingerprint density at radius 1 is 1.27 bits per heavy atom. The van der Waals surface area contributed by atoms with Gasteiger partial charge in [0.05, 0.1) is 0 Å². The minimum atomic E-state index is -0.275. The van der Waals surface area contributed by atoms with Crippen molar-refractivity contribution < 1.29 is 9.59 Å². The van der Waals surface area contributed by atoms with Crippen LogP contribution in [0.1, 0.15) is 6.42 Å². The van der Waals surface area contributed by atoms with Gasteiger partial charge >= 0.3 is 0 Å². The molecule has 0 aliphatic heterocycles. The van der Waals surface area contributed by atoms with Gasteiger partial charge in [0.2, 0.25) is 11.8 Å². The normalized spacial score (nSPS) is 9.47. The van der Waals surface area contributed by atoms with Crippen LogP contribution in [0.15, 0.2) is 30.3 Å². The van der Waals surface area contributed by atoms with E-state index in [0.717, 1.165) is 5.69 Å². The number of hydrogen-bond acceptors (Lipinski definition) is 2. The predicted octanol–water partition coefficient (Wildman–Crippen LogP) is 0.785. The monoisotopic (exact) mass is 206 g/mol. The zero-order valence-corrected chi connectivity index (χ0v) is 8.86. The lowest BCUT2D eigenvalue weighted by Crippen LogP contribution is -2.31. The van der Waals surface area contributed by atoms with E-state index in [1.54, 1.807) is 7.05 Å². The molecule has 0 saturated heterocycles. The first-order valence-electron chi connectivity index (χ1n) is 4.67. The molecule has 1 N–H and O–H groups in total. The minimum absolute atomic E-state index is 0.123. The highest BCUT2D eigenvalue weighted by molar-refractivity contribution is 6.04. The third kappa shape index (κ3) is 3.09. The van der Waals surface area contributed by atoms with Crippen LogP contribution in [0.2, 0.25) is 0 Å². The molecule has 0 aliphatic carbocycles. The van der Waals surface area contributed by atoms with E-state index in [0.29, 0.717) is 0 Å². The van der Waals surface area contributed by atoms with E-state index in [9.17, 15) is 9.59 Å². The summed E-state index contributed by atoms with van der Waals surface area (Å²) in [6.45, 7) is 0. The second-order valence-corrected chi connectivity index (χ2v) is 3.14. The van der Waals surface area contributed by atoms with Crippen LogP contribution in [0.3, 0.4) is 0 Å². The maximum Gasteiger partial charge on any atom is 0.236 e. The molecule has 0 bridgehead atoms. The van der Waals surface area contributed by atoms with E-state index in [-0.39, 0.29) is 18.2 Å². The Bertz CT molecular complexity index is 349. The van der Waals surface area contributed by atoms with Crippen LogP contribution in [0.25, 0.3) is 0 Å².